The topological polar surface area (TPSA) is 57.7 Å². The van der Waals surface area contributed by atoms with Crippen molar-refractivity contribution in [3.05, 3.63) is 0 Å². The number of amides is 3. The molecule has 2 atom stereocenters. The minimum atomic E-state index is -0.146. The minimum absolute atomic E-state index is 0.0370. The number of nitrogens with zero attached hydrogens (tertiary/aromatic N) is 2. The molecule has 3 aliphatic rings. The van der Waals surface area contributed by atoms with Crippen molar-refractivity contribution in [3.8, 4) is 0 Å². The minimum Gasteiger partial charge on any atom is -0.341 e. The molecule has 0 bridgehead atoms. The third-order valence-electron chi connectivity index (χ3n) is 4.68. The van der Waals surface area contributed by atoms with E-state index in [4.69, 9.17) is 0 Å². The van der Waals surface area contributed by atoms with Gasteiger partial charge in [-0.1, -0.05) is 12.8 Å². The Balaban J connectivity index is 1.68. The highest BCUT2D eigenvalue weighted by atomic mass is 16.2. The summed E-state index contributed by atoms with van der Waals surface area (Å²) in [5.41, 5.74) is 0. The number of carbonyl (C=O) groups excluding carboxylic acids is 3. The Morgan fingerprint density at radius 2 is 1.47 bits per heavy atom. The standard InChI is InChI=1S/C14H20N2O3/c17-12(15-7-3-4-8-15)9-16-13(18)10-5-1-2-6-11(10)14(16)19/h10-11H,1-9H2. The molecule has 3 rings (SSSR count). The van der Waals surface area contributed by atoms with Crippen molar-refractivity contribution in [2.45, 2.75) is 38.5 Å². The van der Waals surface area contributed by atoms with E-state index in [0.717, 1.165) is 51.6 Å². The molecule has 5 heteroatoms. The Morgan fingerprint density at radius 3 is 2.00 bits per heavy atom. The van der Waals surface area contributed by atoms with Crippen LogP contribution in [0.25, 0.3) is 0 Å². The Kier molecular flexibility index (Phi) is 3.29. The van der Waals surface area contributed by atoms with Crippen LogP contribution in [-0.4, -0.2) is 47.2 Å². The quantitative estimate of drug-likeness (QED) is 0.693. The molecule has 0 N–H and O–H groups in total. The number of likely N-dealkylation sites (tertiary alicyclic amines) is 2. The smallest absolute Gasteiger partial charge is 0.242 e. The molecule has 19 heavy (non-hydrogen) atoms. The van der Waals surface area contributed by atoms with Crippen molar-refractivity contribution in [1.29, 1.82) is 0 Å². The average Bonchev–Trinajstić information content (AvgIpc) is 3.03. The maximum absolute atomic E-state index is 12.2. The fourth-order valence-electron chi connectivity index (χ4n) is 3.59. The molecule has 1 aliphatic carbocycles. The van der Waals surface area contributed by atoms with E-state index in [1.807, 2.05) is 0 Å². The Labute approximate surface area is 112 Å². The fourth-order valence-corrected chi connectivity index (χ4v) is 3.59. The number of imide groups is 1. The number of hydrogen-bond donors (Lipinski definition) is 0. The van der Waals surface area contributed by atoms with E-state index in [1.54, 1.807) is 4.90 Å². The van der Waals surface area contributed by atoms with E-state index in [9.17, 15) is 14.4 Å². The third kappa shape index (κ3) is 2.15. The highest BCUT2D eigenvalue weighted by Gasteiger charge is 2.48. The number of carbonyl (C=O) groups is 3. The lowest BCUT2D eigenvalue weighted by molar-refractivity contribution is -0.146. The Bertz CT molecular complexity index is 391. The second-order valence-electron chi connectivity index (χ2n) is 5.85. The van der Waals surface area contributed by atoms with Gasteiger partial charge in [-0.2, -0.15) is 0 Å². The summed E-state index contributed by atoms with van der Waals surface area (Å²) in [7, 11) is 0. The normalized spacial score (nSPS) is 30.9. The van der Waals surface area contributed by atoms with E-state index < -0.39 is 0 Å². The van der Waals surface area contributed by atoms with Gasteiger partial charge in [-0.05, 0) is 25.7 Å². The van der Waals surface area contributed by atoms with Gasteiger partial charge in [-0.3, -0.25) is 19.3 Å². The monoisotopic (exact) mass is 264 g/mol. The van der Waals surface area contributed by atoms with E-state index in [-0.39, 0.29) is 36.1 Å². The first kappa shape index (κ1) is 12.6. The molecule has 0 spiro atoms. The van der Waals surface area contributed by atoms with Crippen LogP contribution in [-0.2, 0) is 14.4 Å². The van der Waals surface area contributed by atoms with Crippen LogP contribution in [0.2, 0.25) is 0 Å². The maximum Gasteiger partial charge on any atom is 0.242 e. The maximum atomic E-state index is 12.2. The number of fused-ring (bicyclic) bond motifs is 1. The van der Waals surface area contributed by atoms with Crippen molar-refractivity contribution >= 4 is 17.7 Å². The lowest BCUT2D eigenvalue weighted by atomic mass is 9.81. The predicted molar refractivity (Wildman–Crippen MR) is 68.0 cm³/mol. The molecule has 2 heterocycles. The first-order valence-electron chi connectivity index (χ1n) is 7.31. The molecule has 0 radical (unpaired) electrons. The molecule has 3 fully saturated rings. The summed E-state index contributed by atoms with van der Waals surface area (Å²) in [5.74, 6) is -0.581. The van der Waals surface area contributed by atoms with E-state index >= 15 is 0 Å². The summed E-state index contributed by atoms with van der Waals surface area (Å²) in [6.45, 7) is 1.49. The van der Waals surface area contributed by atoms with Gasteiger partial charge in [0.25, 0.3) is 0 Å². The lowest BCUT2D eigenvalue weighted by Crippen LogP contribution is -2.42. The average molecular weight is 264 g/mol. The summed E-state index contributed by atoms with van der Waals surface area (Å²) < 4.78 is 0. The van der Waals surface area contributed by atoms with Crippen molar-refractivity contribution in [2.75, 3.05) is 19.6 Å². The highest BCUT2D eigenvalue weighted by molar-refractivity contribution is 6.07. The van der Waals surface area contributed by atoms with Crippen LogP contribution in [0.1, 0.15) is 38.5 Å². The highest BCUT2D eigenvalue weighted by Crippen LogP contribution is 2.37. The van der Waals surface area contributed by atoms with Gasteiger partial charge in [0.15, 0.2) is 0 Å². The Morgan fingerprint density at radius 1 is 0.947 bits per heavy atom. The molecule has 1 saturated carbocycles. The van der Waals surface area contributed by atoms with Crippen LogP contribution in [0, 0.1) is 11.8 Å². The molecule has 2 saturated heterocycles. The van der Waals surface area contributed by atoms with Gasteiger partial charge >= 0.3 is 0 Å². The Hall–Kier alpha value is -1.39. The second-order valence-corrected chi connectivity index (χ2v) is 5.85. The molecule has 2 unspecified atom stereocenters. The van der Waals surface area contributed by atoms with E-state index in [2.05, 4.69) is 0 Å². The first-order valence-corrected chi connectivity index (χ1v) is 7.31. The SMILES string of the molecule is O=C(CN1C(=O)C2CCCCC2C1=O)N1CCCC1. The van der Waals surface area contributed by atoms with Crippen molar-refractivity contribution < 1.29 is 14.4 Å². The van der Waals surface area contributed by atoms with Crippen molar-refractivity contribution in [2.24, 2.45) is 11.8 Å². The molecule has 0 aromatic heterocycles. The molecule has 0 aromatic rings. The second kappa shape index (κ2) is 4.94. The van der Waals surface area contributed by atoms with Crippen LogP contribution in [0.15, 0.2) is 0 Å². The fraction of sp³-hybridized carbons (Fsp3) is 0.786. The largest absolute Gasteiger partial charge is 0.341 e. The molecule has 0 aromatic carbocycles. The van der Waals surface area contributed by atoms with Gasteiger partial charge in [-0.15, -0.1) is 0 Å². The van der Waals surface area contributed by atoms with Crippen LogP contribution in [0.5, 0.6) is 0 Å². The zero-order valence-electron chi connectivity index (χ0n) is 11.1. The summed E-state index contributed by atoms with van der Waals surface area (Å²) in [5, 5.41) is 0. The van der Waals surface area contributed by atoms with Gasteiger partial charge in [0.05, 0.1) is 11.8 Å². The zero-order valence-corrected chi connectivity index (χ0v) is 11.1. The predicted octanol–water partition coefficient (Wildman–Crippen LogP) is 0.784. The summed E-state index contributed by atoms with van der Waals surface area (Å²) in [6.07, 6.45) is 5.72. The van der Waals surface area contributed by atoms with Gasteiger partial charge in [0.1, 0.15) is 6.54 Å². The van der Waals surface area contributed by atoms with Gasteiger partial charge in [-0.25, -0.2) is 0 Å². The summed E-state index contributed by atoms with van der Waals surface area (Å²) in [4.78, 5) is 39.5. The molecule has 5 nitrogen and oxygen atoms in total. The molecule has 104 valence electrons. The lowest BCUT2D eigenvalue weighted by Gasteiger charge is -2.19. The van der Waals surface area contributed by atoms with Crippen LogP contribution in [0.3, 0.4) is 0 Å². The summed E-state index contributed by atoms with van der Waals surface area (Å²) >= 11 is 0. The van der Waals surface area contributed by atoms with Gasteiger partial charge in [0.2, 0.25) is 17.7 Å². The molecule has 2 aliphatic heterocycles. The van der Waals surface area contributed by atoms with E-state index in [0.29, 0.717) is 0 Å². The van der Waals surface area contributed by atoms with Crippen molar-refractivity contribution in [3.63, 3.8) is 0 Å². The van der Waals surface area contributed by atoms with Gasteiger partial charge in [0, 0.05) is 13.1 Å². The summed E-state index contributed by atoms with van der Waals surface area (Å²) in [6, 6.07) is 0. The van der Waals surface area contributed by atoms with Gasteiger partial charge < -0.3 is 4.90 Å². The van der Waals surface area contributed by atoms with Crippen LogP contribution < -0.4 is 0 Å². The molecular formula is C14H20N2O3. The van der Waals surface area contributed by atoms with Crippen LogP contribution in [0.4, 0.5) is 0 Å². The van der Waals surface area contributed by atoms with Crippen molar-refractivity contribution in [1.82, 2.24) is 9.80 Å². The zero-order chi connectivity index (χ0) is 13.4. The van der Waals surface area contributed by atoms with Crippen LogP contribution >= 0.6 is 0 Å². The number of rotatable bonds is 2. The van der Waals surface area contributed by atoms with E-state index in [1.165, 1.54) is 4.90 Å². The number of hydrogen-bond acceptors (Lipinski definition) is 3. The first-order chi connectivity index (χ1) is 9.18. The molecule has 3 amide bonds. The third-order valence-corrected chi connectivity index (χ3v) is 4.68. The molecular weight excluding hydrogens is 244 g/mol.